The molecule has 116 valence electrons. The lowest BCUT2D eigenvalue weighted by atomic mass is 9.92. The molecule has 22 heavy (non-hydrogen) atoms. The molecule has 0 spiro atoms. The topological polar surface area (TPSA) is 77.8 Å². The maximum Gasteiger partial charge on any atom is 0.353 e. The van der Waals surface area contributed by atoms with E-state index in [-0.39, 0.29) is 17.0 Å². The summed E-state index contributed by atoms with van der Waals surface area (Å²) in [5, 5.41) is 18.9. The quantitative estimate of drug-likeness (QED) is 0.647. The molecule has 1 aromatic carbocycles. The second-order valence-electron chi connectivity index (χ2n) is 5.19. The summed E-state index contributed by atoms with van der Waals surface area (Å²) in [4.78, 5) is 26.7. The first-order chi connectivity index (χ1) is 10.5. The number of aliphatic carboxylic acids is 1. The molecule has 7 heteroatoms. The number of β-lactam (4-membered cyclic amide) rings is 1. The number of carboxylic acid groups (broad SMARTS) is 1. The van der Waals surface area contributed by atoms with E-state index in [1.165, 1.54) is 16.7 Å². The van der Waals surface area contributed by atoms with E-state index in [1.54, 1.807) is 18.7 Å². The van der Waals surface area contributed by atoms with E-state index in [4.69, 9.17) is 0 Å². The summed E-state index contributed by atoms with van der Waals surface area (Å²) in [5.41, 5.74) is 0.806. The van der Waals surface area contributed by atoms with E-state index >= 15 is 0 Å². The van der Waals surface area contributed by atoms with E-state index in [2.05, 4.69) is 0 Å². The highest BCUT2D eigenvalue weighted by molar-refractivity contribution is 8.09. The van der Waals surface area contributed by atoms with Crippen LogP contribution in [0.3, 0.4) is 0 Å². The molecule has 0 radical (unpaired) electrons. The van der Waals surface area contributed by atoms with Crippen LogP contribution in [0.4, 0.5) is 0 Å². The highest BCUT2D eigenvalue weighted by Crippen LogP contribution is 2.53. The van der Waals surface area contributed by atoms with E-state index in [0.29, 0.717) is 4.91 Å². The minimum absolute atomic E-state index is 0.0220. The van der Waals surface area contributed by atoms with E-state index < -0.39 is 18.0 Å². The third-order valence-corrected chi connectivity index (χ3v) is 6.01. The number of hydrogen-bond donors (Lipinski definition) is 2. The van der Waals surface area contributed by atoms with Gasteiger partial charge in [-0.25, -0.2) is 4.79 Å². The fourth-order valence-corrected chi connectivity index (χ4v) is 4.75. The highest BCUT2D eigenvalue weighted by atomic mass is 32.2. The number of thioether (sulfide) groups is 2. The Bertz CT molecular complexity index is 669. The van der Waals surface area contributed by atoms with Crippen LogP contribution < -0.4 is 0 Å². The second-order valence-corrected chi connectivity index (χ2v) is 7.20. The van der Waals surface area contributed by atoms with Crippen LogP contribution in [0, 0.1) is 5.92 Å². The standard InChI is InChI=1S/C15H15NO4S2/c1-7(17)10-13(18)16-11(15(19)20)12(22-14(10)16)8-3-5-9(21-2)6-4-8/h3-7,10,14,17H,1-2H3,(H,19,20)/t7-,10+,14-/m1/s1. The number of rotatable bonds is 4. The fraction of sp³-hybridized carbons (Fsp3) is 0.333. The van der Waals surface area contributed by atoms with Crippen LogP contribution in [-0.2, 0) is 9.59 Å². The van der Waals surface area contributed by atoms with Crippen molar-refractivity contribution in [1.29, 1.82) is 0 Å². The number of carboxylic acids is 1. The predicted octanol–water partition coefficient (Wildman–Crippen LogP) is 2.07. The SMILES string of the molecule is CSc1ccc(C2=C(C(=O)O)N3C(=O)[C@H]([C@@H](C)O)[C@H]3S2)cc1. The average molecular weight is 337 g/mol. The molecule has 3 atom stereocenters. The van der Waals surface area contributed by atoms with Crippen molar-refractivity contribution in [2.75, 3.05) is 6.26 Å². The molecule has 2 heterocycles. The minimum Gasteiger partial charge on any atom is -0.477 e. The van der Waals surface area contributed by atoms with Gasteiger partial charge in [0.2, 0.25) is 5.91 Å². The number of aliphatic hydroxyl groups excluding tert-OH is 1. The maximum absolute atomic E-state index is 12.1. The number of fused-ring (bicyclic) bond motifs is 1. The molecular formula is C15H15NO4S2. The summed E-state index contributed by atoms with van der Waals surface area (Å²) < 4.78 is 0. The lowest BCUT2D eigenvalue weighted by molar-refractivity contribution is -0.156. The Labute approximate surface area is 136 Å². The number of aliphatic hydroxyl groups is 1. The zero-order valence-electron chi connectivity index (χ0n) is 12.0. The molecule has 2 N–H and O–H groups in total. The van der Waals surface area contributed by atoms with E-state index in [9.17, 15) is 19.8 Å². The molecule has 1 amide bonds. The molecule has 2 aliphatic rings. The van der Waals surface area contributed by atoms with Gasteiger partial charge in [-0.15, -0.1) is 11.8 Å². The second kappa shape index (κ2) is 5.64. The minimum atomic E-state index is -1.11. The van der Waals surface area contributed by atoms with Crippen molar-refractivity contribution in [2.24, 2.45) is 5.92 Å². The van der Waals surface area contributed by atoms with Crippen molar-refractivity contribution in [3.8, 4) is 0 Å². The van der Waals surface area contributed by atoms with E-state index in [1.807, 2.05) is 30.5 Å². The van der Waals surface area contributed by atoms with Crippen molar-refractivity contribution in [3.05, 3.63) is 35.5 Å². The van der Waals surface area contributed by atoms with Gasteiger partial charge in [-0.05, 0) is 30.9 Å². The number of carbonyl (C=O) groups excluding carboxylic acids is 1. The van der Waals surface area contributed by atoms with Gasteiger partial charge in [-0.2, -0.15) is 0 Å². The van der Waals surface area contributed by atoms with Gasteiger partial charge in [0, 0.05) is 9.80 Å². The zero-order valence-corrected chi connectivity index (χ0v) is 13.6. The molecule has 0 aromatic heterocycles. The number of carbonyl (C=O) groups is 2. The summed E-state index contributed by atoms with van der Waals surface area (Å²) >= 11 is 2.95. The zero-order chi connectivity index (χ0) is 16.0. The summed E-state index contributed by atoms with van der Waals surface area (Å²) in [6, 6.07) is 7.59. The van der Waals surface area contributed by atoms with Gasteiger partial charge in [-0.3, -0.25) is 9.69 Å². The number of benzene rings is 1. The first-order valence-electron chi connectivity index (χ1n) is 6.75. The van der Waals surface area contributed by atoms with Gasteiger partial charge >= 0.3 is 5.97 Å². The van der Waals surface area contributed by atoms with Gasteiger partial charge in [0.25, 0.3) is 0 Å². The molecule has 1 aromatic rings. The number of hydrogen-bond acceptors (Lipinski definition) is 5. The number of nitrogens with zero attached hydrogens (tertiary/aromatic N) is 1. The Balaban J connectivity index is 1.99. The highest BCUT2D eigenvalue weighted by Gasteiger charge is 2.57. The first kappa shape index (κ1) is 15.5. The Morgan fingerprint density at radius 1 is 1.36 bits per heavy atom. The van der Waals surface area contributed by atoms with Gasteiger partial charge in [0.05, 0.1) is 12.0 Å². The first-order valence-corrected chi connectivity index (χ1v) is 8.86. The molecule has 1 fully saturated rings. The molecule has 0 aliphatic carbocycles. The maximum atomic E-state index is 12.1. The van der Waals surface area contributed by atoms with Gasteiger partial charge < -0.3 is 10.2 Å². The Hall–Kier alpha value is -1.44. The van der Waals surface area contributed by atoms with Crippen LogP contribution in [0.2, 0.25) is 0 Å². The Morgan fingerprint density at radius 3 is 2.50 bits per heavy atom. The number of amides is 1. The molecule has 0 unspecified atom stereocenters. The van der Waals surface area contributed by atoms with Crippen molar-refractivity contribution in [1.82, 2.24) is 4.90 Å². The smallest absolute Gasteiger partial charge is 0.353 e. The molecule has 5 nitrogen and oxygen atoms in total. The monoisotopic (exact) mass is 337 g/mol. The lowest BCUT2D eigenvalue weighted by Gasteiger charge is -2.43. The molecule has 0 saturated carbocycles. The Morgan fingerprint density at radius 2 is 2.00 bits per heavy atom. The van der Waals surface area contributed by atoms with Crippen LogP contribution in [-0.4, -0.2) is 44.7 Å². The summed E-state index contributed by atoms with van der Waals surface area (Å²) in [5.74, 6) is -1.97. The van der Waals surface area contributed by atoms with Crippen LogP contribution in [0.5, 0.6) is 0 Å². The van der Waals surface area contributed by atoms with Crippen molar-refractivity contribution in [2.45, 2.75) is 23.3 Å². The predicted molar refractivity (Wildman–Crippen MR) is 86.2 cm³/mol. The molecule has 3 rings (SSSR count). The van der Waals surface area contributed by atoms with Crippen LogP contribution in [0.25, 0.3) is 4.91 Å². The normalized spacial score (nSPS) is 25.0. The van der Waals surface area contributed by atoms with Crippen LogP contribution in [0.1, 0.15) is 12.5 Å². The van der Waals surface area contributed by atoms with Crippen LogP contribution >= 0.6 is 23.5 Å². The Kier molecular flexibility index (Phi) is 3.96. The van der Waals surface area contributed by atoms with Gasteiger partial charge in [-0.1, -0.05) is 23.9 Å². The molecule has 2 aliphatic heterocycles. The third kappa shape index (κ3) is 2.24. The van der Waals surface area contributed by atoms with Gasteiger partial charge in [0.1, 0.15) is 11.1 Å². The van der Waals surface area contributed by atoms with Crippen molar-refractivity contribution >= 4 is 40.3 Å². The average Bonchev–Trinajstić information content (AvgIpc) is 2.82. The van der Waals surface area contributed by atoms with Crippen molar-refractivity contribution < 1.29 is 19.8 Å². The molecular weight excluding hydrogens is 322 g/mol. The third-order valence-electron chi connectivity index (χ3n) is 3.85. The lowest BCUT2D eigenvalue weighted by Crippen LogP contribution is -2.60. The van der Waals surface area contributed by atoms with Gasteiger partial charge in [0.15, 0.2) is 0 Å². The summed E-state index contributed by atoms with van der Waals surface area (Å²) in [6.07, 6.45) is 1.19. The molecule has 1 saturated heterocycles. The fourth-order valence-electron chi connectivity index (χ4n) is 2.73. The van der Waals surface area contributed by atoms with Crippen LogP contribution in [0.15, 0.2) is 34.9 Å². The summed E-state index contributed by atoms with van der Waals surface area (Å²) in [7, 11) is 0. The molecule has 0 bridgehead atoms. The summed E-state index contributed by atoms with van der Waals surface area (Å²) in [6.45, 7) is 1.56. The van der Waals surface area contributed by atoms with E-state index in [0.717, 1.165) is 10.5 Å². The largest absolute Gasteiger partial charge is 0.477 e. The van der Waals surface area contributed by atoms with Crippen molar-refractivity contribution in [3.63, 3.8) is 0 Å².